The first-order chi connectivity index (χ1) is 11.1. The normalized spacial score (nSPS) is 21.6. The second kappa shape index (κ2) is 7.16. The molecule has 1 fully saturated rings. The van der Waals surface area contributed by atoms with E-state index in [2.05, 4.69) is 5.32 Å². The van der Waals surface area contributed by atoms with Crippen LogP contribution >= 0.6 is 0 Å². The molecule has 2 rings (SSSR count). The zero-order valence-electron chi connectivity index (χ0n) is 13.7. The van der Waals surface area contributed by atoms with Crippen LogP contribution < -0.4 is 5.32 Å². The Hall–Kier alpha value is -1.52. The highest BCUT2D eigenvalue weighted by atomic mass is 32.2. The van der Waals surface area contributed by atoms with Crippen LogP contribution in [-0.2, 0) is 14.8 Å². The SMILES string of the molecule is Cc1ccc(C(=O)N[C@H]2COC[C@H]2CS(=O)(=O)N(C)C)n1C(F)F. The van der Waals surface area contributed by atoms with Crippen LogP contribution in [-0.4, -0.2) is 62.3 Å². The van der Waals surface area contributed by atoms with E-state index in [1.165, 1.54) is 33.2 Å². The maximum atomic E-state index is 13.1. The average molecular weight is 365 g/mol. The van der Waals surface area contributed by atoms with Crippen molar-refractivity contribution in [3.05, 3.63) is 23.5 Å². The van der Waals surface area contributed by atoms with Gasteiger partial charge in [0.05, 0.1) is 25.0 Å². The molecule has 24 heavy (non-hydrogen) atoms. The fraction of sp³-hybridized carbons (Fsp3) is 0.643. The fourth-order valence-electron chi connectivity index (χ4n) is 2.58. The Balaban J connectivity index is 2.11. The fourth-order valence-corrected chi connectivity index (χ4v) is 3.75. The Morgan fingerprint density at radius 3 is 2.67 bits per heavy atom. The predicted octanol–water partition coefficient (Wildman–Crippen LogP) is 0.828. The van der Waals surface area contributed by atoms with Gasteiger partial charge in [0.1, 0.15) is 5.69 Å². The predicted molar refractivity (Wildman–Crippen MR) is 83.5 cm³/mol. The number of carbonyl (C=O) groups excluding carboxylic acids is 1. The van der Waals surface area contributed by atoms with Gasteiger partial charge in [-0.3, -0.25) is 9.36 Å². The molecule has 1 amide bonds. The molecule has 1 aliphatic rings. The summed E-state index contributed by atoms with van der Waals surface area (Å²) >= 11 is 0. The topological polar surface area (TPSA) is 80.6 Å². The minimum atomic E-state index is -3.46. The van der Waals surface area contributed by atoms with Gasteiger partial charge in [0.15, 0.2) is 0 Å². The molecule has 1 aromatic rings. The number of carbonyl (C=O) groups is 1. The first-order valence-electron chi connectivity index (χ1n) is 7.38. The molecule has 0 saturated carbocycles. The van der Waals surface area contributed by atoms with Gasteiger partial charge in [-0.15, -0.1) is 0 Å². The van der Waals surface area contributed by atoms with Crippen molar-refractivity contribution in [2.75, 3.05) is 33.1 Å². The van der Waals surface area contributed by atoms with Crippen LogP contribution in [0, 0.1) is 12.8 Å². The lowest BCUT2D eigenvalue weighted by Gasteiger charge is -2.21. The number of sulfonamides is 1. The Morgan fingerprint density at radius 1 is 1.42 bits per heavy atom. The second-order valence-corrected chi connectivity index (χ2v) is 8.17. The van der Waals surface area contributed by atoms with E-state index in [1.54, 1.807) is 0 Å². The van der Waals surface area contributed by atoms with E-state index < -0.39 is 34.4 Å². The van der Waals surface area contributed by atoms with E-state index in [-0.39, 0.29) is 30.4 Å². The highest BCUT2D eigenvalue weighted by Crippen LogP contribution is 2.21. The van der Waals surface area contributed by atoms with E-state index >= 15 is 0 Å². The molecule has 10 heteroatoms. The number of hydrogen-bond acceptors (Lipinski definition) is 4. The number of ether oxygens (including phenoxy) is 1. The Morgan fingerprint density at radius 2 is 2.08 bits per heavy atom. The van der Waals surface area contributed by atoms with Crippen molar-refractivity contribution in [1.82, 2.24) is 14.2 Å². The van der Waals surface area contributed by atoms with Gasteiger partial charge in [0.2, 0.25) is 10.0 Å². The number of amides is 1. The monoisotopic (exact) mass is 365 g/mol. The van der Waals surface area contributed by atoms with E-state index in [9.17, 15) is 22.0 Å². The molecule has 1 aliphatic heterocycles. The van der Waals surface area contributed by atoms with E-state index in [1.807, 2.05) is 0 Å². The van der Waals surface area contributed by atoms with Gasteiger partial charge in [0, 0.05) is 25.7 Å². The summed E-state index contributed by atoms with van der Waals surface area (Å²) in [7, 11) is -0.600. The van der Waals surface area contributed by atoms with Crippen molar-refractivity contribution in [2.24, 2.45) is 5.92 Å². The molecular weight excluding hydrogens is 344 g/mol. The lowest BCUT2D eigenvalue weighted by Crippen LogP contribution is -2.44. The van der Waals surface area contributed by atoms with Gasteiger partial charge in [-0.2, -0.15) is 8.78 Å². The molecule has 7 nitrogen and oxygen atoms in total. The summed E-state index contributed by atoms with van der Waals surface area (Å²) in [5, 5.41) is 2.61. The number of nitrogens with one attached hydrogen (secondary N) is 1. The maximum Gasteiger partial charge on any atom is 0.319 e. The summed E-state index contributed by atoms with van der Waals surface area (Å²) in [6, 6.07) is 2.20. The summed E-state index contributed by atoms with van der Waals surface area (Å²) in [4.78, 5) is 12.3. The molecule has 0 aromatic carbocycles. The highest BCUT2D eigenvalue weighted by Gasteiger charge is 2.35. The largest absolute Gasteiger partial charge is 0.379 e. The van der Waals surface area contributed by atoms with Crippen molar-refractivity contribution < 1.29 is 26.7 Å². The van der Waals surface area contributed by atoms with Gasteiger partial charge in [-0.25, -0.2) is 12.7 Å². The second-order valence-electron chi connectivity index (χ2n) is 5.95. The molecule has 136 valence electrons. The minimum absolute atomic E-state index is 0.147. The smallest absolute Gasteiger partial charge is 0.319 e. The Bertz CT molecular complexity index is 703. The number of nitrogens with zero attached hydrogens (tertiary/aromatic N) is 2. The zero-order valence-corrected chi connectivity index (χ0v) is 14.5. The standard InChI is InChI=1S/C14H21F2N3O4S/c1-9-4-5-12(19(9)14(15)16)13(20)17-11-7-23-6-10(11)8-24(21,22)18(2)3/h4-5,10-11,14H,6-8H2,1-3H3,(H,17,20)/t10-,11-/m0/s1. The lowest BCUT2D eigenvalue weighted by atomic mass is 10.1. The third kappa shape index (κ3) is 3.93. The van der Waals surface area contributed by atoms with Crippen LogP contribution in [0.1, 0.15) is 22.7 Å². The number of alkyl halides is 2. The van der Waals surface area contributed by atoms with Gasteiger partial charge >= 0.3 is 6.55 Å². The lowest BCUT2D eigenvalue weighted by molar-refractivity contribution is 0.0612. The summed E-state index contributed by atoms with van der Waals surface area (Å²) in [6.07, 6.45) is 0. The molecule has 0 radical (unpaired) electrons. The molecule has 2 atom stereocenters. The Labute approximate surface area is 139 Å². The van der Waals surface area contributed by atoms with E-state index in [0.29, 0.717) is 4.57 Å². The molecule has 0 aliphatic carbocycles. The summed E-state index contributed by atoms with van der Waals surface area (Å²) in [5.74, 6) is -1.29. The first-order valence-corrected chi connectivity index (χ1v) is 8.99. The number of aryl methyl sites for hydroxylation is 1. The highest BCUT2D eigenvalue weighted by molar-refractivity contribution is 7.89. The van der Waals surface area contributed by atoms with E-state index in [4.69, 9.17) is 4.74 Å². The quantitative estimate of drug-likeness (QED) is 0.810. The van der Waals surface area contributed by atoms with Gasteiger partial charge in [-0.1, -0.05) is 0 Å². The van der Waals surface area contributed by atoms with Gasteiger partial charge < -0.3 is 10.1 Å². The van der Waals surface area contributed by atoms with Gasteiger partial charge in [-0.05, 0) is 19.1 Å². The molecule has 1 saturated heterocycles. The van der Waals surface area contributed by atoms with Crippen LogP contribution in [0.3, 0.4) is 0 Å². The molecular formula is C14H21F2N3O4S. The summed E-state index contributed by atoms with van der Waals surface area (Å²) < 4.78 is 57.1. The van der Waals surface area contributed by atoms with Crippen molar-refractivity contribution in [3.63, 3.8) is 0 Å². The summed E-state index contributed by atoms with van der Waals surface area (Å²) in [5.41, 5.74) is 0.105. The average Bonchev–Trinajstić information content (AvgIpc) is 3.05. The van der Waals surface area contributed by atoms with Crippen LogP contribution in [0.25, 0.3) is 0 Å². The van der Waals surface area contributed by atoms with Gasteiger partial charge in [0.25, 0.3) is 5.91 Å². The third-order valence-corrected chi connectivity index (χ3v) is 6.01. The van der Waals surface area contributed by atoms with E-state index in [0.717, 1.165) is 4.31 Å². The van der Waals surface area contributed by atoms with Crippen molar-refractivity contribution in [3.8, 4) is 0 Å². The first kappa shape index (κ1) is 18.8. The molecule has 1 N–H and O–H groups in total. The molecule has 0 unspecified atom stereocenters. The maximum absolute atomic E-state index is 13.1. The van der Waals surface area contributed by atoms with Crippen molar-refractivity contribution >= 4 is 15.9 Å². The van der Waals surface area contributed by atoms with Crippen molar-refractivity contribution in [1.29, 1.82) is 0 Å². The molecule has 2 heterocycles. The van der Waals surface area contributed by atoms with Crippen LogP contribution in [0.2, 0.25) is 0 Å². The van der Waals surface area contributed by atoms with Crippen LogP contribution in [0.4, 0.5) is 8.78 Å². The number of aromatic nitrogens is 1. The number of hydrogen-bond donors (Lipinski definition) is 1. The number of halogens is 2. The third-order valence-electron chi connectivity index (χ3n) is 4.05. The van der Waals surface area contributed by atoms with Crippen LogP contribution in [0.5, 0.6) is 0 Å². The van der Waals surface area contributed by atoms with Crippen LogP contribution in [0.15, 0.2) is 12.1 Å². The molecule has 0 spiro atoms. The minimum Gasteiger partial charge on any atom is -0.379 e. The number of rotatable bonds is 6. The Kier molecular flexibility index (Phi) is 5.61. The molecule has 1 aromatic heterocycles. The summed E-state index contributed by atoms with van der Waals surface area (Å²) in [6.45, 7) is -1.01. The zero-order chi connectivity index (χ0) is 18.1. The van der Waals surface area contributed by atoms with Crippen molar-refractivity contribution in [2.45, 2.75) is 19.5 Å². The molecule has 0 bridgehead atoms.